The minimum atomic E-state index is -0.659. The van der Waals surface area contributed by atoms with E-state index in [4.69, 9.17) is 11.6 Å². The third-order valence-electron chi connectivity index (χ3n) is 2.97. The molecular weight excluding hydrogens is 326 g/mol. The SMILES string of the molecule is Cc1cn2c(=O)c(C(=O)Nc3cc(Cl)ccc3O)cnc2s1. The number of anilines is 1. The first-order chi connectivity index (χ1) is 10.5. The molecule has 0 radical (unpaired) electrons. The van der Waals surface area contributed by atoms with Crippen molar-refractivity contribution in [3.63, 3.8) is 0 Å². The maximum atomic E-state index is 12.3. The molecule has 0 spiro atoms. The second kappa shape index (κ2) is 5.43. The number of aromatic hydroxyl groups is 1. The van der Waals surface area contributed by atoms with Gasteiger partial charge in [0.25, 0.3) is 11.5 Å². The van der Waals surface area contributed by atoms with E-state index in [1.807, 2.05) is 6.92 Å². The first-order valence-electron chi connectivity index (χ1n) is 6.23. The molecule has 22 heavy (non-hydrogen) atoms. The van der Waals surface area contributed by atoms with Crippen LogP contribution in [0.3, 0.4) is 0 Å². The number of thiazole rings is 1. The Morgan fingerprint density at radius 2 is 2.23 bits per heavy atom. The molecule has 0 bridgehead atoms. The number of nitrogens with zero attached hydrogens (tertiary/aromatic N) is 2. The van der Waals surface area contributed by atoms with Crippen LogP contribution in [-0.4, -0.2) is 20.4 Å². The number of aryl methyl sites for hydroxylation is 1. The molecule has 2 heterocycles. The number of fused-ring (bicyclic) bond motifs is 1. The van der Waals surface area contributed by atoms with Crippen molar-refractivity contribution in [2.45, 2.75) is 6.92 Å². The topological polar surface area (TPSA) is 83.7 Å². The number of hydrogen-bond acceptors (Lipinski definition) is 5. The molecule has 8 heteroatoms. The van der Waals surface area contributed by atoms with Gasteiger partial charge in [-0.1, -0.05) is 11.6 Å². The number of hydrogen-bond donors (Lipinski definition) is 2. The molecular formula is C14H10ClN3O3S. The van der Waals surface area contributed by atoms with Gasteiger partial charge >= 0.3 is 0 Å². The molecule has 0 aliphatic rings. The quantitative estimate of drug-likeness (QED) is 0.705. The molecule has 1 aromatic carbocycles. The van der Waals surface area contributed by atoms with Gasteiger partial charge < -0.3 is 10.4 Å². The minimum Gasteiger partial charge on any atom is -0.506 e. The summed E-state index contributed by atoms with van der Waals surface area (Å²) in [6.45, 7) is 1.85. The van der Waals surface area contributed by atoms with E-state index in [0.717, 1.165) is 4.88 Å². The number of carbonyl (C=O) groups is 1. The lowest BCUT2D eigenvalue weighted by Gasteiger charge is -2.07. The lowest BCUT2D eigenvalue weighted by atomic mass is 10.2. The number of halogens is 1. The van der Waals surface area contributed by atoms with Crippen molar-refractivity contribution in [1.29, 1.82) is 0 Å². The van der Waals surface area contributed by atoms with Crippen molar-refractivity contribution in [3.8, 4) is 5.75 Å². The molecule has 0 unspecified atom stereocenters. The van der Waals surface area contributed by atoms with E-state index >= 15 is 0 Å². The summed E-state index contributed by atoms with van der Waals surface area (Å²) in [6, 6.07) is 4.24. The number of carbonyl (C=O) groups excluding carboxylic acids is 1. The normalized spacial score (nSPS) is 10.8. The molecule has 0 atom stereocenters. The maximum absolute atomic E-state index is 12.3. The summed E-state index contributed by atoms with van der Waals surface area (Å²) in [5.41, 5.74) is -0.452. The Morgan fingerprint density at radius 1 is 1.45 bits per heavy atom. The van der Waals surface area contributed by atoms with Crippen molar-refractivity contribution in [1.82, 2.24) is 9.38 Å². The first kappa shape index (κ1) is 14.6. The number of rotatable bonds is 2. The standard InChI is InChI=1S/C14H10ClN3O3S/c1-7-6-18-13(21)9(5-16-14(18)22-7)12(20)17-10-4-8(15)2-3-11(10)19/h2-6,19H,1H3,(H,17,20). The largest absolute Gasteiger partial charge is 0.506 e. The number of phenolic OH excluding ortho intramolecular Hbond substituents is 1. The highest BCUT2D eigenvalue weighted by molar-refractivity contribution is 7.16. The molecule has 0 aliphatic carbocycles. The molecule has 2 aromatic heterocycles. The summed E-state index contributed by atoms with van der Waals surface area (Å²) >= 11 is 7.18. The van der Waals surface area contributed by atoms with E-state index in [-0.39, 0.29) is 17.0 Å². The molecule has 6 nitrogen and oxygen atoms in total. The van der Waals surface area contributed by atoms with Crippen LogP contribution in [0, 0.1) is 6.92 Å². The predicted molar refractivity (Wildman–Crippen MR) is 85.1 cm³/mol. The van der Waals surface area contributed by atoms with Crippen LogP contribution in [0.25, 0.3) is 4.96 Å². The van der Waals surface area contributed by atoms with Crippen molar-refractivity contribution in [2.75, 3.05) is 5.32 Å². The molecule has 2 N–H and O–H groups in total. The van der Waals surface area contributed by atoms with Gasteiger partial charge in [-0.3, -0.25) is 14.0 Å². The smallest absolute Gasteiger partial charge is 0.271 e. The van der Waals surface area contributed by atoms with Gasteiger partial charge in [0, 0.05) is 22.3 Å². The van der Waals surface area contributed by atoms with Crippen molar-refractivity contribution in [2.24, 2.45) is 0 Å². The fourth-order valence-electron chi connectivity index (χ4n) is 1.95. The third kappa shape index (κ3) is 2.56. The summed E-state index contributed by atoms with van der Waals surface area (Å²) in [5.74, 6) is -0.799. The molecule has 0 fully saturated rings. The number of aromatic nitrogens is 2. The Balaban J connectivity index is 2.00. The maximum Gasteiger partial charge on any atom is 0.271 e. The van der Waals surface area contributed by atoms with Crippen molar-refractivity contribution < 1.29 is 9.90 Å². The van der Waals surface area contributed by atoms with Crippen LogP contribution in [0.4, 0.5) is 5.69 Å². The van der Waals surface area contributed by atoms with Gasteiger partial charge in [-0.2, -0.15) is 0 Å². The van der Waals surface area contributed by atoms with Crippen LogP contribution in [-0.2, 0) is 0 Å². The number of nitrogens with one attached hydrogen (secondary N) is 1. The highest BCUT2D eigenvalue weighted by Crippen LogP contribution is 2.26. The van der Waals surface area contributed by atoms with E-state index in [0.29, 0.717) is 9.98 Å². The van der Waals surface area contributed by atoms with Crippen molar-refractivity contribution >= 4 is 39.5 Å². The summed E-state index contributed by atoms with van der Waals surface area (Å²) in [4.78, 5) is 30.1. The average molecular weight is 336 g/mol. The highest BCUT2D eigenvalue weighted by atomic mass is 35.5. The highest BCUT2D eigenvalue weighted by Gasteiger charge is 2.16. The zero-order valence-corrected chi connectivity index (χ0v) is 12.9. The fourth-order valence-corrected chi connectivity index (χ4v) is 2.91. The van der Waals surface area contributed by atoms with Gasteiger partial charge in [-0.05, 0) is 25.1 Å². The molecule has 0 saturated heterocycles. The monoisotopic (exact) mass is 335 g/mol. The van der Waals surface area contributed by atoms with Crippen molar-refractivity contribution in [3.05, 3.63) is 56.4 Å². The zero-order valence-electron chi connectivity index (χ0n) is 11.3. The molecule has 3 rings (SSSR count). The predicted octanol–water partition coefficient (Wildman–Crippen LogP) is 2.68. The molecule has 0 aliphatic heterocycles. The van der Waals surface area contributed by atoms with Crippen LogP contribution in [0.2, 0.25) is 5.02 Å². The molecule has 1 amide bonds. The lowest BCUT2D eigenvalue weighted by molar-refractivity contribution is 0.102. The van der Waals surface area contributed by atoms with Gasteiger partial charge in [0.05, 0.1) is 5.69 Å². The number of amides is 1. The summed E-state index contributed by atoms with van der Waals surface area (Å²) in [6.07, 6.45) is 2.85. The Kier molecular flexibility index (Phi) is 3.59. The van der Waals surface area contributed by atoms with Crippen LogP contribution in [0.5, 0.6) is 5.75 Å². The van der Waals surface area contributed by atoms with Crippen LogP contribution in [0.1, 0.15) is 15.2 Å². The van der Waals surface area contributed by atoms with Gasteiger partial charge in [0.1, 0.15) is 11.3 Å². The summed E-state index contributed by atoms with van der Waals surface area (Å²) in [7, 11) is 0. The van der Waals surface area contributed by atoms with Crippen LogP contribution >= 0.6 is 22.9 Å². The summed E-state index contributed by atoms with van der Waals surface area (Å²) < 4.78 is 1.33. The zero-order chi connectivity index (χ0) is 15.9. The first-order valence-corrected chi connectivity index (χ1v) is 7.43. The average Bonchev–Trinajstić information content (AvgIpc) is 2.84. The number of phenols is 1. The van der Waals surface area contributed by atoms with Crippen LogP contribution in [0.15, 0.2) is 35.4 Å². The van der Waals surface area contributed by atoms with Gasteiger partial charge in [-0.25, -0.2) is 4.98 Å². The van der Waals surface area contributed by atoms with Crippen LogP contribution < -0.4 is 10.9 Å². The Hall–Kier alpha value is -2.38. The van der Waals surface area contributed by atoms with E-state index in [1.54, 1.807) is 6.20 Å². The summed E-state index contributed by atoms with van der Waals surface area (Å²) in [5, 5.41) is 12.5. The van der Waals surface area contributed by atoms with E-state index in [9.17, 15) is 14.7 Å². The lowest BCUT2D eigenvalue weighted by Crippen LogP contribution is -2.25. The van der Waals surface area contributed by atoms with E-state index < -0.39 is 11.5 Å². The Labute approximate surface area is 133 Å². The molecule has 0 saturated carbocycles. The van der Waals surface area contributed by atoms with E-state index in [1.165, 1.54) is 40.1 Å². The second-order valence-electron chi connectivity index (χ2n) is 4.59. The van der Waals surface area contributed by atoms with E-state index in [2.05, 4.69) is 10.3 Å². The molecule has 3 aromatic rings. The van der Waals surface area contributed by atoms with Gasteiger partial charge in [0.2, 0.25) is 0 Å². The number of benzene rings is 1. The Bertz CT molecular complexity index is 948. The fraction of sp³-hybridized carbons (Fsp3) is 0.0714. The molecule has 112 valence electrons. The minimum absolute atomic E-state index is 0.116. The van der Waals surface area contributed by atoms with Gasteiger partial charge in [-0.15, -0.1) is 11.3 Å². The van der Waals surface area contributed by atoms with Gasteiger partial charge in [0.15, 0.2) is 4.96 Å². The Morgan fingerprint density at radius 3 is 3.00 bits per heavy atom. The second-order valence-corrected chi connectivity index (χ2v) is 6.24. The third-order valence-corrected chi connectivity index (χ3v) is 4.12.